The van der Waals surface area contributed by atoms with Gasteiger partial charge in [0, 0.05) is 39.6 Å². The summed E-state index contributed by atoms with van der Waals surface area (Å²) in [5.74, 6) is -0.595. The number of benzene rings is 1. The summed E-state index contributed by atoms with van der Waals surface area (Å²) in [7, 11) is 0. The predicted octanol–water partition coefficient (Wildman–Crippen LogP) is 3.90. The molecule has 2 aromatic heterocycles. The third kappa shape index (κ3) is 5.02. The molecule has 1 aromatic carbocycles. The molecule has 0 saturated heterocycles. The average molecular weight is 411 g/mol. The number of nitrogens with one attached hydrogen (secondary N) is 1. The first-order valence-corrected chi connectivity index (χ1v) is 9.49. The van der Waals surface area contributed by atoms with E-state index in [1.54, 1.807) is 25.1 Å². The van der Waals surface area contributed by atoms with Crippen LogP contribution in [0.25, 0.3) is 22.6 Å². The fourth-order valence-corrected chi connectivity index (χ4v) is 3.68. The van der Waals surface area contributed by atoms with Gasteiger partial charge in [-0.15, -0.1) is 11.3 Å². The first-order valence-electron chi connectivity index (χ1n) is 8.68. The van der Waals surface area contributed by atoms with Crippen LogP contribution < -0.4 is 5.56 Å². The van der Waals surface area contributed by atoms with Crippen molar-refractivity contribution in [3.8, 4) is 10.4 Å². The molecular weight excluding hydrogens is 394 g/mol. The summed E-state index contributed by atoms with van der Waals surface area (Å²) in [4.78, 5) is 42.1. The van der Waals surface area contributed by atoms with Crippen molar-refractivity contribution in [2.75, 3.05) is 0 Å². The number of nitro groups is 1. The highest BCUT2D eigenvalue weighted by atomic mass is 32.1. The number of carbonyl (C=O) groups is 1. The zero-order valence-corrected chi connectivity index (χ0v) is 16.2. The van der Waals surface area contributed by atoms with Crippen LogP contribution in [0.15, 0.2) is 41.2 Å². The molecule has 0 amide bonds. The van der Waals surface area contributed by atoms with Gasteiger partial charge < -0.3 is 10.1 Å². The zero-order chi connectivity index (χ0) is 21.0. The fraction of sp³-hybridized carbons (Fsp3) is 0.150. The molecule has 0 unspecified atom stereocenters. The second kappa shape index (κ2) is 8.61. The molecule has 0 saturated carbocycles. The van der Waals surface area contributed by atoms with Gasteiger partial charge in [-0.2, -0.15) is 0 Å². The maximum atomic E-state index is 12.2. The van der Waals surface area contributed by atoms with Crippen LogP contribution in [0.1, 0.15) is 28.4 Å². The van der Waals surface area contributed by atoms with Gasteiger partial charge in [0.25, 0.3) is 11.2 Å². The van der Waals surface area contributed by atoms with E-state index in [9.17, 15) is 19.7 Å². The SMILES string of the molecule is Cc1nc(/C=C/c2ccc(-c3cccc([N+](=O)[O-])c3)s2)[nH]c(=O)c1CCC(=O)O. The monoisotopic (exact) mass is 411 g/mol. The molecule has 3 aromatic rings. The molecule has 0 aliphatic heterocycles. The Kier molecular flexibility index (Phi) is 5.99. The second-order valence-electron chi connectivity index (χ2n) is 6.25. The van der Waals surface area contributed by atoms with E-state index in [4.69, 9.17) is 5.11 Å². The van der Waals surface area contributed by atoms with Gasteiger partial charge in [0.2, 0.25) is 0 Å². The van der Waals surface area contributed by atoms with E-state index in [2.05, 4.69) is 9.97 Å². The molecule has 0 fully saturated rings. The molecule has 148 valence electrons. The molecule has 29 heavy (non-hydrogen) atoms. The lowest BCUT2D eigenvalue weighted by Gasteiger charge is -2.03. The summed E-state index contributed by atoms with van der Waals surface area (Å²) in [5.41, 5.74) is 1.32. The van der Waals surface area contributed by atoms with Crippen molar-refractivity contribution in [3.05, 3.63) is 78.8 Å². The summed E-state index contributed by atoms with van der Waals surface area (Å²) < 4.78 is 0. The van der Waals surface area contributed by atoms with E-state index in [0.29, 0.717) is 17.1 Å². The third-order valence-corrected chi connectivity index (χ3v) is 5.30. The lowest BCUT2D eigenvalue weighted by molar-refractivity contribution is -0.384. The van der Waals surface area contributed by atoms with E-state index in [1.165, 1.54) is 23.5 Å². The molecule has 0 aliphatic rings. The van der Waals surface area contributed by atoms with Crippen molar-refractivity contribution in [2.45, 2.75) is 19.8 Å². The van der Waals surface area contributed by atoms with Crippen molar-refractivity contribution in [3.63, 3.8) is 0 Å². The fourth-order valence-electron chi connectivity index (χ4n) is 2.77. The van der Waals surface area contributed by atoms with Crippen LogP contribution in [-0.2, 0) is 11.2 Å². The number of carboxylic acid groups (broad SMARTS) is 1. The molecular formula is C20H17N3O5S. The molecule has 2 N–H and O–H groups in total. The summed E-state index contributed by atoms with van der Waals surface area (Å²) in [6.45, 7) is 1.68. The predicted molar refractivity (Wildman–Crippen MR) is 111 cm³/mol. The number of nitro benzene ring substituents is 1. The Bertz CT molecular complexity index is 1160. The van der Waals surface area contributed by atoms with Crippen LogP contribution >= 0.6 is 11.3 Å². The lowest BCUT2D eigenvalue weighted by Crippen LogP contribution is -2.18. The number of H-pyrrole nitrogens is 1. The summed E-state index contributed by atoms with van der Waals surface area (Å²) >= 11 is 1.45. The highest BCUT2D eigenvalue weighted by Gasteiger charge is 2.10. The van der Waals surface area contributed by atoms with Crippen LogP contribution in [0.4, 0.5) is 5.69 Å². The molecule has 8 nitrogen and oxygen atoms in total. The van der Waals surface area contributed by atoms with Crippen molar-refractivity contribution in [1.82, 2.24) is 9.97 Å². The van der Waals surface area contributed by atoms with E-state index < -0.39 is 10.9 Å². The van der Waals surface area contributed by atoms with Crippen molar-refractivity contribution in [2.24, 2.45) is 0 Å². The van der Waals surface area contributed by atoms with Gasteiger partial charge >= 0.3 is 5.97 Å². The van der Waals surface area contributed by atoms with Crippen LogP contribution in [0, 0.1) is 17.0 Å². The van der Waals surface area contributed by atoms with Crippen LogP contribution in [0.2, 0.25) is 0 Å². The standard InChI is InChI=1S/C20H17N3O5S/c1-12-16(7-10-19(24)25)20(26)22-18(21-12)9-6-15-5-8-17(29-15)13-3-2-4-14(11-13)23(27)28/h2-6,8-9,11H,7,10H2,1H3,(H,24,25)(H,21,22,26)/b9-6+. The number of non-ortho nitro benzene ring substituents is 1. The van der Waals surface area contributed by atoms with Crippen LogP contribution in [0.3, 0.4) is 0 Å². The second-order valence-corrected chi connectivity index (χ2v) is 7.37. The molecule has 0 radical (unpaired) electrons. The van der Waals surface area contributed by atoms with Gasteiger partial charge in [0.15, 0.2) is 0 Å². The summed E-state index contributed by atoms with van der Waals surface area (Å²) in [6.07, 6.45) is 3.46. The number of hydrogen-bond donors (Lipinski definition) is 2. The molecule has 2 heterocycles. The molecule has 0 bridgehead atoms. The van der Waals surface area contributed by atoms with E-state index in [1.807, 2.05) is 18.2 Å². The van der Waals surface area contributed by atoms with Crippen molar-refractivity contribution < 1.29 is 14.8 Å². The van der Waals surface area contributed by atoms with E-state index in [-0.39, 0.29) is 24.1 Å². The Labute approximate surface area is 169 Å². The number of thiophene rings is 1. The van der Waals surface area contributed by atoms with Gasteiger partial charge in [-0.05, 0) is 43.2 Å². The Morgan fingerprint density at radius 2 is 2.10 bits per heavy atom. The van der Waals surface area contributed by atoms with Gasteiger partial charge in [-0.25, -0.2) is 4.98 Å². The number of aromatic nitrogens is 2. The smallest absolute Gasteiger partial charge is 0.303 e. The first-order chi connectivity index (χ1) is 13.8. The largest absolute Gasteiger partial charge is 0.481 e. The quantitative estimate of drug-likeness (QED) is 0.448. The van der Waals surface area contributed by atoms with E-state index in [0.717, 1.165) is 15.3 Å². The molecule has 0 atom stereocenters. The van der Waals surface area contributed by atoms with Gasteiger partial charge in [0.1, 0.15) is 5.82 Å². The minimum Gasteiger partial charge on any atom is -0.481 e. The van der Waals surface area contributed by atoms with Crippen molar-refractivity contribution in [1.29, 1.82) is 0 Å². The maximum Gasteiger partial charge on any atom is 0.303 e. The topological polar surface area (TPSA) is 126 Å². The highest BCUT2D eigenvalue weighted by molar-refractivity contribution is 7.16. The minimum absolute atomic E-state index is 0.0354. The Morgan fingerprint density at radius 3 is 2.79 bits per heavy atom. The molecule has 9 heteroatoms. The molecule has 3 rings (SSSR count). The maximum absolute atomic E-state index is 12.2. The number of hydrogen-bond acceptors (Lipinski definition) is 6. The number of rotatable bonds is 7. The van der Waals surface area contributed by atoms with E-state index >= 15 is 0 Å². The van der Waals surface area contributed by atoms with Crippen LogP contribution in [-0.4, -0.2) is 26.0 Å². The number of nitrogens with zero attached hydrogens (tertiary/aromatic N) is 2. The zero-order valence-electron chi connectivity index (χ0n) is 15.4. The lowest BCUT2D eigenvalue weighted by atomic mass is 10.1. The number of aliphatic carboxylic acids is 1. The third-order valence-electron chi connectivity index (χ3n) is 4.20. The van der Waals surface area contributed by atoms with Crippen LogP contribution in [0.5, 0.6) is 0 Å². The molecule has 0 aliphatic carbocycles. The Morgan fingerprint density at radius 1 is 1.31 bits per heavy atom. The first kappa shape index (κ1) is 20.2. The van der Waals surface area contributed by atoms with Gasteiger partial charge in [0.05, 0.1) is 4.92 Å². The normalized spacial score (nSPS) is 11.1. The number of aryl methyl sites for hydroxylation is 1. The average Bonchev–Trinajstić information content (AvgIpc) is 3.14. The Balaban J connectivity index is 1.79. The number of aromatic amines is 1. The van der Waals surface area contributed by atoms with Gasteiger partial charge in [-0.1, -0.05) is 12.1 Å². The Hall–Kier alpha value is -3.59. The van der Waals surface area contributed by atoms with Gasteiger partial charge in [-0.3, -0.25) is 19.7 Å². The molecule has 0 spiro atoms. The summed E-state index contributed by atoms with van der Waals surface area (Å²) in [6, 6.07) is 10.2. The van der Waals surface area contributed by atoms with Crippen molar-refractivity contribution >= 4 is 35.1 Å². The highest BCUT2D eigenvalue weighted by Crippen LogP contribution is 2.31. The summed E-state index contributed by atoms with van der Waals surface area (Å²) in [5, 5.41) is 19.7. The minimum atomic E-state index is -0.968. The number of carboxylic acids is 1.